The van der Waals surface area contributed by atoms with Gasteiger partial charge in [-0.2, -0.15) is 0 Å². The predicted octanol–water partition coefficient (Wildman–Crippen LogP) is 3.27. The van der Waals surface area contributed by atoms with E-state index in [1.165, 1.54) is 0 Å². The number of hydrogen-bond donors (Lipinski definition) is 1. The lowest BCUT2D eigenvalue weighted by atomic mass is 10.2. The van der Waals surface area contributed by atoms with E-state index in [1.807, 2.05) is 54.6 Å². The fourth-order valence-corrected chi connectivity index (χ4v) is 2.06. The quantitative estimate of drug-likeness (QED) is 0.575. The summed E-state index contributed by atoms with van der Waals surface area (Å²) in [4.78, 5) is 4.30. The molecule has 0 fully saturated rings. The largest absolute Gasteiger partial charge is 0.490 e. The molecule has 0 atom stereocenters. The van der Waals surface area contributed by atoms with E-state index in [1.54, 1.807) is 6.20 Å². The summed E-state index contributed by atoms with van der Waals surface area (Å²) in [5.74, 6) is 1.46. The molecular weight excluding hydrogens is 264 g/mol. The number of pyridine rings is 1. The molecule has 1 aromatic heterocycles. The van der Waals surface area contributed by atoms with Crippen LogP contribution in [0, 0.1) is 0 Å². The zero-order chi connectivity index (χ0) is 14.5. The molecule has 0 aliphatic rings. The van der Waals surface area contributed by atoms with Gasteiger partial charge in [0.2, 0.25) is 0 Å². The van der Waals surface area contributed by atoms with Gasteiger partial charge in [0.1, 0.15) is 24.7 Å². The Morgan fingerprint density at radius 3 is 2.67 bits per heavy atom. The standard InChI is InChI=1S/C17H16N2O2/c18-15-5-1-2-6-17(15)21-11-10-20-14-8-7-13-4-3-9-19-16(13)12-14/h1-9,12H,10-11,18H2. The van der Waals surface area contributed by atoms with E-state index >= 15 is 0 Å². The maximum atomic E-state index is 5.80. The van der Waals surface area contributed by atoms with Crippen LogP contribution in [0.3, 0.4) is 0 Å². The third kappa shape index (κ3) is 3.23. The lowest BCUT2D eigenvalue weighted by molar-refractivity contribution is 0.218. The molecule has 0 aliphatic heterocycles. The van der Waals surface area contributed by atoms with E-state index in [0.717, 1.165) is 16.7 Å². The summed E-state index contributed by atoms with van der Waals surface area (Å²) in [6, 6.07) is 17.2. The van der Waals surface area contributed by atoms with Crippen molar-refractivity contribution in [1.82, 2.24) is 4.98 Å². The number of para-hydroxylation sites is 2. The van der Waals surface area contributed by atoms with Gasteiger partial charge in [-0.15, -0.1) is 0 Å². The first-order valence-corrected chi connectivity index (χ1v) is 6.78. The van der Waals surface area contributed by atoms with Crippen LogP contribution in [0.5, 0.6) is 11.5 Å². The highest BCUT2D eigenvalue weighted by Crippen LogP contribution is 2.20. The van der Waals surface area contributed by atoms with Gasteiger partial charge in [-0.1, -0.05) is 18.2 Å². The van der Waals surface area contributed by atoms with Gasteiger partial charge >= 0.3 is 0 Å². The molecule has 106 valence electrons. The molecule has 0 unspecified atom stereocenters. The van der Waals surface area contributed by atoms with Crippen LogP contribution in [0.4, 0.5) is 5.69 Å². The minimum Gasteiger partial charge on any atom is -0.490 e. The second kappa shape index (κ2) is 6.13. The molecule has 2 aromatic carbocycles. The monoisotopic (exact) mass is 280 g/mol. The van der Waals surface area contributed by atoms with Crippen molar-refractivity contribution in [3.63, 3.8) is 0 Å². The molecule has 0 saturated heterocycles. The first kappa shape index (κ1) is 13.2. The molecule has 2 N–H and O–H groups in total. The van der Waals surface area contributed by atoms with Crippen molar-refractivity contribution in [3.05, 3.63) is 60.8 Å². The van der Waals surface area contributed by atoms with Gasteiger partial charge in [-0.3, -0.25) is 4.98 Å². The maximum absolute atomic E-state index is 5.80. The highest BCUT2D eigenvalue weighted by atomic mass is 16.5. The zero-order valence-corrected chi connectivity index (χ0v) is 11.5. The maximum Gasteiger partial charge on any atom is 0.142 e. The van der Waals surface area contributed by atoms with Crippen LogP contribution in [-0.2, 0) is 0 Å². The lowest BCUT2D eigenvalue weighted by Crippen LogP contribution is -2.09. The molecule has 0 radical (unpaired) electrons. The molecular formula is C17H16N2O2. The Kier molecular flexibility index (Phi) is 3.87. The summed E-state index contributed by atoms with van der Waals surface area (Å²) in [6.07, 6.45) is 1.77. The zero-order valence-electron chi connectivity index (χ0n) is 11.5. The van der Waals surface area contributed by atoms with E-state index in [-0.39, 0.29) is 0 Å². The number of nitrogens with two attached hydrogens (primary N) is 1. The van der Waals surface area contributed by atoms with Crippen LogP contribution in [-0.4, -0.2) is 18.2 Å². The van der Waals surface area contributed by atoms with Crippen molar-refractivity contribution < 1.29 is 9.47 Å². The molecule has 0 saturated carbocycles. The van der Waals surface area contributed by atoms with Crippen LogP contribution in [0.25, 0.3) is 10.9 Å². The van der Waals surface area contributed by atoms with Crippen LogP contribution in [0.15, 0.2) is 60.8 Å². The van der Waals surface area contributed by atoms with Crippen molar-refractivity contribution >= 4 is 16.6 Å². The van der Waals surface area contributed by atoms with E-state index in [2.05, 4.69) is 4.98 Å². The molecule has 0 bridgehead atoms. The summed E-state index contributed by atoms with van der Waals surface area (Å²) in [5, 5.41) is 1.10. The molecule has 0 aliphatic carbocycles. The van der Waals surface area contributed by atoms with Gasteiger partial charge in [-0.05, 0) is 30.3 Å². The van der Waals surface area contributed by atoms with Crippen LogP contribution in [0.1, 0.15) is 0 Å². The average molecular weight is 280 g/mol. The third-order valence-corrected chi connectivity index (χ3v) is 3.11. The number of aromatic nitrogens is 1. The number of fused-ring (bicyclic) bond motifs is 1. The van der Waals surface area contributed by atoms with E-state index in [0.29, 0.717) is 24.7 Å². The number of nitrogen functional groups attached to an aromatic ring is 1. The van der Waals surface area contributed by atoms with Gasteiger partial charge in [0, 0.05) is 17.6 Å². The SMILES string of the molecule is Nc1ccccc1OCCOc1ccc2cccnc2c1. The van der Waals surface area contributed by atoms with Crippen LogP contribution < -0.4 is 15.2 Å². The van der Waals surface area contributed by atoms with Crippen LogP contribution >= 0.6 is 0 Å². The third-order valence-electron chi connectivity index (χ3n) is 3.11. The lowest BCUT2D eigenvalue weighted by Gasteiger charge is -2.10. The highest BCUT2D eigenvalue weighted by Gasteiger charge is 2.00. The van der Waals surface area contributed by atoms with Crippen LogP contribution in [0.2, 0.25) is 0 Å². The van der Waals surface area contributed by atoms with Crippen molar-refractivity contribution in [2.75, 3.05) is 18.9 Å². The molecule has 0 amide bonds. The van der Waals surface area contributed by atoms with Gasteiger partial charge in [0.05, 0.1) is 11.2 Å². The molecule has 3 aromatic rings. The first-order chi connectivity index (χ1) is 10.3. The van der Waals surface area contributed by atoms with Crippen molar-refractivity contribution in [2.45, 2.75) is 0 Å². The first-order valence-electron chi connectivity index (χ1n) is 6.78. The van der Waals surface area contributed by atoms with E-state index < -0.39 is 0 Å². The number of anilines is 1. The Morgan fingerprint density at radius 1 is 0.905 bits per heavy atom. The Balaban J connectivity index is 1.56. The fraction of sp³-hybridized carbons (Fsp3) is 0.118. The summed E-state index contributed by atoms with van der Waals surface area (Å²) in [7, 11) is 0. The smallest absolute Gasteiger partial charge is 0.142 e. The van der Waals surface area contributed by atoms with E-state index in [4.69, 9.17) is 15.2 Å². The minimum atomic E-state index is 0.439. The Hall–Kier alpha value is -2.75. The summed E-state index contributed by atoms with van der Waals surface area (Å²) < 4.78 is 11.3. The summed E-state index contributed by atoms with van der Waals surface area (Å²) in [5.41, 5.74) is 7.35. The molecule has 0 spiro atoms. The predicted molar refractivity (Wildman–Crippen MR) is 83.6 cm³/mol. The highest BCUT2D eigenvalue weighted by molar-refractivity contribution is 5.79. The molecule has 3 rings (SSSR count). The van der Waals surface area contributed by atoms with Gasteiger partial charge in [0.25, 0.3) is 0 Å². The molecule has 21 heavy (non-hydrogen) atoms. The Bertz CT molecular complexity index is 743. The van der Waals surface area contributed by atoms with Crippen molar-refractivity contribution in [2.24, 2.45) is 0 Å². The molecule has 4 heteroatoms. The number of benzene rings is 2. The van der Waals surface area contributed by atoms with E-state index in [9.17, 15) is 0 Å². The number of hydrogen-bond acceptors (Lipinski definition) is 4. The second-order valence-electron chi connectivity index (χ2n) is 4.59. The van der Waals surface area contributed by atoms with Gasteiger partial charge in [-0.25, -0.2) is 0 Å². The Morgan fingerprint density at radius 2 is 1.76 bits per heavy atom. The fourth-order valence-electron chi connectivity index (χ4n) is 2.06. The number of nitrogens with zero attached hydrogens (tertiary/aromatic N) is 1. The topological polar surface area (TPSA) is 57.4 Å². The normalized spacial score (nSPS) is 10.5. The van der Waals surface area contributed by atoms with Gasteiger partial charge < -0.3 is 15.2 Å². The molecule has 1 heterocycles. The number of rotatable bonds is 5. The number of ether oxygens (including phenoxy) is 2. The summed E-state index contributed by atoms with van der Waals surface area (Å²) in [6.45, 7) is 0.890. The summed E-state index contributed by atoms with van der Waals surface area (Å²) >= 11 is 0. The molecule has 4 nitrogen and oxygen atoms in total. The average Bonchev–Trinajstić information content (AvgIpc) is 2.53. The minimum absolute atomic E-state index is 0.439. The van der Waals surface area contributed by atoms with Crippen molar-refractivity contribution in [3.8, 4) is 11.5 Å². The Labute approximate surface area is 123 Å². The second-order valence-corrected chi connectivity index (χ2v) is 4.59. The van der Waals surface area contributed by atoms with Gasteiger partial charge in [0.15, 0.2) is 0 Å². The van der Waals surface area contributed by atoms with Crippen molar-refractivity contribution in [1.29, 1.82) is 0 Å².